The van der Waals surface area contributed by atoms with Crippen LogP contribution < -0.4 is 9.47 Å². The van der Waals surface area contributed by atoms with Crippen LogP contribution >= 0.6 is 34.4 Å². The number of carbonyl (C=O) groups is 1. The van der Waals surface area contributed by atoms with Gasteiger partial charge in [0.05, 0.1) is 6.61 Å². The zero-order valence-electron chi connectivity index (χ0n) is 10.1. The Morgan fingerprint density at radius 2 is 2.17 bits per heavy atom. The molecule has 2 rings (SSSR count). The second-order valence-corrected chi connectivity index (χ2v) is 5.70. The summed E-state index contributed by atoms with van der Waals surface area (Å²) in [7, 11) is 0. The van der Waals surface area contributed by atoms with Gasteiger partial charge in [0.25, 0.3) is 0 Å². The van der Waals surface area contributed by atoms with Gasteiger partial charge in [-0.05, 0) is 53.5 Å². The van der Waals surface area contributed by atoms with Crippen molar-refractivity contribution in [3.05, 3.63) is 21.3 Å². The summed E-state index contributed by atoms with van der Waals surface area (Å²) in [5.74, 6) is 1.20. The summed E-state index contributed by atoms with van der Waals surface area (Å²) in [6.07, 6.45) is 1.89. The first-order valence-corrected chi connectivity index (χ1v) is 7.82. The van der Waals surface area contributed by atoms with E-state index in [0.717, 1.165) is 14.9 Å². The van der Waals surface area contributed by atoms with Crippen molar-refractivity contribution in [2.75, 3.05) is 19.7 Å². The lowest BCUT2D eigenvalue weighted by Crippen LogP contribution is -2.14. The quantitative estimate of drug-likeness (QED) is 0.594. The average molecular weight is 380 g/mol. The van der Waals surface area contributed by atoms with Crippen LogP contribution in [0.15, 0.2) is 12.1 Å². The number of ether oxygens (including phenoxy) is 3. The Hall–Kier alpha value is -0.630. The molecule has 0 aliphatic carbocycles. The molecule has 1 heterocycles. The molecule has 4 nitrogen and oxygen atoms in total. The van der Waals surface area contributed by atoms with E-state index in [0.29, 0.717) is 12.4 Å². The van der Waals surface area contributed by atoms with Gasteiger partial charge in [-0.2, -0.15) is 0 Å². The molecule has 1 aliphatic heterocycles. The van der Waals surface area contributed by atoms with Gasteiger partial charge in [-0.3, -0.25) is 4.79 Å². The van der Waals surface area contributed by atoms with E-state index in [1.54, 1.807) is 6.92 Å². The number of esters is 1. The third kappa shape index (κ3) is 2.69. The van der Waals surface area contributed by atoms with E-state index in [1.807, 2.05) is 18.4 Å². The first kappa shape index (κ1) is 13.8. The van der Waals surface area contributed by atoms with Crippen LogP contribution in [0.2, 0.25) is 0 Å². The second-order valence-electron chi connectivity index (χ2n) is 3.59. The molecule has 18 heavy (non-hydrogen) atoms. The lowest BCUT2D eigenvalue weighted by atomic mass is 10.1. The molecule has 0 saturated carbocycles. The van der Waals surface area contributed by atoms with Gasteiger partial charge >= 0.3 is 5.97 Å². The van der Waals surface area contributed by atoms with E-state index in [2.05, 4.69) is 22.6 Å². The van der Waals surface area contributed by atoms with E-state index in [1.165, 1.54) is 11.8 Å². The Morgan fingerprint density at radius 1 is 1.50 bits per heavy atom. The summed E-state index contributed by atoms with van der Waals surface area (Å²) in [6.45, 7) is 2.43. The van der Waals surface area contributed by atoms with Crippen LogP contribution in [0, 0.1) is 3.57 Å². The highest BCUT2D eigenvalue weighted by molar-refractivity contribution is 14.1. The van der Waals surface area contributed by atoms with Crippen LogP contribution in [0.5, 0.6) is 11.5 Å². The summed E-state index contributed by atoms with van der Waals surface area (Å²) < 4.78 is 16.7. The Bertz CT molecular complexity index is 464. The zero-order chi connectivity index (χ0) is 13.1. The molecule has 0 N–H and O–H groups in total. The van der Waals surface area contributed by atoms with Crippen molar-refractivity contribution in [3.8, 4) is 11.5 Å². The normalized spacial score (nSPS) is 14.4. The van der Waals surface area contributed by atoms with E-state index >= 15 is 0 Å². The molecule has 98 valence electrons. The molecule has 1 atom stereocenters. The predicted molar refractivity (Wildman–Crippen MR) is 78.2 cm³/mol. The molecule has 0 amide bonds. The van der Waals surface area contributed by atoms with Gasteiger partial charge in [0.2, 0.25) is 6.79 Å². The third-order valence-corrected chi connectivity index (χ3v) is 4.36. The Morgan fingerprint density at radius 3 is 2.78 bits per heavy atom. The first-order chi connectivity index (χ1) is 8.67. The Labute approximate surface area is 124 Å². The number of hydrogen-bond donors (Lipinski definition) is 0. The molecular formula is C12H13IO4S. The maximum Gasteiger partial charge on any atom is 0.323 e. The molecule has 0 spiro atoms. The lowest BCUT2D eigenvalue weighted by Gasteiger charge is -2.15. The molecule has 6 heteroatoms. The van der Waals surface area contributed by atoms with Gasteiger partial charge in [-0.15, -0.1) is 11.8 Å². The summed E-state index contributed by atoms with van der Waals surface area (Å²) >= 11 is 3.65. The largest absolute Gasteiger partial charge is 0.465 e. The minimum atomic E-state index is -0.327. The van der Waals surface area contributed by atoms with Gasteiger partial charge in [-0.1, -0.05) is 0 Å². The molecule has 0 bridgehead atoms. The summed E-state index contributed by atoms with van der Waals surface area (Å²) in [5, 5.41) is -0.327. The van der Waals surface area contributed by atoms with Crippen molar-refractivity contribution in [2.24, 2.45) is 0 Å². The number of rotatable bonds is 4. The van der Waals surface area contributed by atoms with E-state index < -0.39 is 0 Å². The van der Waals surface area contributed by atoms with Crippen molar-refractivity contribution in [3.63, 3.8) is 0 Å². The SMILES string of the molecule is CCOC(=O)C(SC)c1cc2c(cc1I)OCO2. The Kier molecular flexibility index (Phi) is 4.60. The predicted octanol–water partition coefficient (Wildman–Crippen LogP) is 2.99. The Balaban J connectivity index is 2.33. The minimum absolute atomic E-state index is 0.221. The minimum Gasteiger partial charge on any atom is -0.465 e. The molecule has 1 aromatic rings. The van der Waals surface area contributed by atoms with E-state index in [4.69, 9.17) is 14.2 Å². The molecule has 1 unspecified atom stereocenters. The highest BCUT2D eigenvalue weighted by Crippen LogP contribution is 2.40. The van der Waals surface area contributed by atoms with Crippen LogP contribution in [-0.4, -0.2) is 25.6 Å². The summed E-state index contributed by atoms with van der Waals surface area (Å²) in [4.78, 5) is 11.9. The molecule has 0 saturated heterocycles. The fourth-order valence-electron chi connectivity index (χ4n) is 1.70. The van der Waals surface area contributed by atoms with Crippen LogP contribution in [0.25, 0.3) is 0 Å². The molecule has 0 fully saturated rings. The maximum absolute atomic E-state index is 11.9. The third-order valence-electron chi connectivity index (χ3n) is 2.51. The second kappa shape index (κ2) is 6.01. The molecular weight excluding hydrogens is 367 g/mol. The van der Waals surface area contributed by atoms with Gasteiger partial charge < -0.3 is 14.2 Å². The summed E-state index contributed by atoms with van der Waals surface area (Å²) in [6, 6.07) is 3.75. The molecule has 1 aliphatic rings. The molecule has 0 radical (unpaired) electrons. The van der Waals surface area contributed by atoms with Crippen molar-refractivity contribution >= 4 is 40.3 Å². The lowest BCUT2D eigenvalue weighted by molar-refractivity contribution is -0.142. The molecule has 0 aromatic heterocycles. The number of halogens is 1. The first-order valence-electron chi connectivity index (χ1n) is 5.45. The summed E-state index contributed by atoms with van der Waals surface area (Å²) in [5.41, 5.74) is 0.908. The topological polar surface area (TPSA) is 44.8 Å². The standard InChI is InChI=1S/C12H13IO4S/c1-3-15-12(14)11(18-2)7-4-9-10(5-8(7)13)17-6-16-9/h4-5,11H,3,6H2,1-2H3. The number of carbonyl (C=O) groups excluding carboxylic acids is 1. The maximum atomic E-state index is 11.9. The smallest absolute Gasteiger partial charge is 0.323 e. The van der Waals surface area contributed by atoms with Crippen molar-refractivity contribution < 1.29 is 19.0 Å². The van der Waals surface area contributed by atoms with Gasteiger partial charge in [0.15, 0.2) is 11.5 Å². The molecule has 1 aromatic carbocycles. The fourth-order valence-corrected chi connectivity index (χ4v) is 3.37. The van der Waals surface area contributed by atoms with Crippen LogP contribution in [0.4, 0.5) is 0 Å². The van der Waals surface area contributed by atoms with Gasteiger partial charge in [0.1, 0.15) is 5.25 Å². The van der Waals surface area contributed by atoms with Crippen LogP contribution in [-0.2, 0) is 9.53 Å². The van der Waals surface area contributed by atoms with Crippen molar-refractivity contribution in [2.45, 2.75) is 12.2 Å². The monoisotopic (exact) mass is 380 g/mol. The van der Waals surface area contributed by atoms with Crippen LogP contribution in [0.1, 0.15) is 17.7 Å². The highest BCUT2D eigenvalue weighted by atomic mass is 127. The number of hydrogen-bond acceptors (Lipinski definition) is 5. The number of fused-ring (bicyclic) bond motifs is 1. The van der Waals surface area contributed by atoms with Gasteiger partial charge in [0, 0.05) is 3.57 Å². The highest BCUT2D eigenvalue weighted by Gasteiger charge is 2.26. The van der Waals surface area contributed by atoms with Crippen LogP contribution in [0.3, 0.4) is 0 Å². The van der Waals surface area contributed by atoms with Crippen molar-refractivity contribution in [1.82, 2.24) is 0 Å². The van der Waals surface area contributed by atoms with E-state index in [9.17, 15) is 4.79 Å². The van der Waals surface area contributed by atoms with Gasteiger partial charge in [-0.25, -0.2) is 0 Å². The average Bonchev–Trinajstić information content (AvgIpc) is 2.77. The van der Waals surface area contributed by atoms with Crippen molar-refractivity contribution in [1.29, 1.82) is 0 Å². The fraction of sp³-hybridized carbons (Fsp3) is 0.417. The number of benzene rings is 1. The van der Waals surface area contributed by atoms with E-state index in [-0.39, 0.29) is 18.0 Å². The zero-order valence-corrected chi connectivity index (χ0v) is 13.0. The number of thioether (sulfide) groups is 1.